The molecule has 2 aliphatic rings. The molecule has 0 radical (unpaired) electrons. The Kier molecular flexibility index (Phi) is 6.69. The lowest BCUT2D eigenvalue weighted by atomic mass is 9.77. The standard InChI is InChI=1S/C29H30N2O5S/c1-4-31(21-9-6-5-7-10-21)37(33,34)22-14-15-26-25(18-22)23-11-8-12-24(23)29(30-26)20-13-16-27(36-19(2)32)28(17-20)35-3/h5-11,13-18,23-24,29-30H,4,12H2,1-3H3. The van der Waals surface area contributed by atoms with Crippen LogP contribution in [0.4, 0.5) is 11.4 Å². The summed E-state index contributed by atoms with van der Waals surface area (Å²) < 4.78 is 39.5. The SMILES string of the molecule is CCN(c1ccccc1)S(=O)(=O)c1ccc2c(c1)C1C=CCC1C(c1ccc(OC(C)=O)c(OC)c1)N2. The van der Waals surface area contributed by atoms with Crippen LogP contribution in [0.1, 0.15) is 43.4 Å². The van der Waals surface area contributed by atoms with Crippen molar-refractivity contribution in [2.24, 2.45) is 5.92 Å². The van der Waals surface area contributed by atoms with Crippen LogP contribution in [-0.2, 0) is 14.8 Å². The molecule has 1 N–H and O–H groups in total. The molecule has 5 rings (SSSR count). The average Bonchev–Trinajstić information content (AvgIpc) is 3.39. The number of carbonyl (C=O) groups excluding carboxylic acids is 1. The van der Waals surface area contributed by atoms with E-state index in [9.17, 15) is 13.2 Å². The quantitative estimate of drug-likeness (QED) is 0.247. The van der Waals surface area contributed by atoms with Crippen LogP contribution in [0, 0.1) is 5.92 Å². The van der Waals surface area contributed by atoms with Crippen molar-refractivity contribution in [2.75, 3.05) is 23.3 Å². The predicted octanol–water partition coefficient (Wildman–Crippen LogP) is 5.66. The summed E-state index contributed by atoms with van der Waals surface area (Å²) >= 11 is 0. The number of hydrogen-bond donors (Lipinski definition) is 1. The van der Waals surface area contributed by atoms with E-state index in [2.05, 4.69) is 17.5 Å². The second-order valence-electron chi connectivity index (χ2n) is 9.23. The van der Waals surface area contributed by atoms with Crippen molar-refractivity contribution in [2.45, 2.75) is 37.1 Å². The van der Waals surface area contributed by atoms with Crippen LogP contribution in [0.2, 0.25) is 0 Å². The normalized spacial score (nSPS) is 19.9. The summed E-state index contributed by atoms with van der Waals surface area (Å²) in [4.78, 5) is 11.7. The predicted molar refractivity (Wildman–Crippen MR) is 144 cm³/mol. The summed E-state index contributed by atoms with van der Waals surface area (Å²) in [5.41, 5.74) is 3.53. The molecule has 0 aromatic heterocycles. The van der Waals surface area contributed by atoms with Crippen LogP contribution >= 0.6 is 0 Å². The number of hydrogen-bond acceptors (Lipinski definition) is 6. The smallest absolute Gasteiger partial charge is 0.308 e. The van der Waals surface area contributed by atoms with Gasteiger partial charge in [-0.3, -0.25) is 9.10 Å². The Morgan fingerprint density at radius 1 is 1.05 bits per heavy atom. The van der Waals surface area contributed by atoms with Crippen molar-refractivity contribution in [3.63, 3.8) is 0 Å². The number of esters is 1. The van der Waals surface area contributed by atoms with E-state index in [-0.39, 0.29) is 22.8 Å². The number of anilines is 2. The monoisotopic (exact) mass is 518 g/mol. The molecule has 0 bridgehead atoms. The molecule has 8 heteroatoms. The second kappa shape index (κ2) is 9.94. The van der Waals surface area contributed by atoms with E-state index in [1.54, 1.807) is 19.2 Å². The van der Waals surface area contributed by atoms with Crippen molar-refractivity contribution in [3.05, 3.63) is 90.0 Å². The number of methoxy groups -OCH3 is 1. The minimum atomic E-state index is -3.73. The molecule has 37 heavy (non-hydrogen) atoms. The summed E-state index contributed by atoms with van der Waals surface area (Å²) in [5, 5.41) is 3.64. The van der Waals surface area contributed by atoms with E-state index in [1.807, 2.05) is 61.5 Å². The molecule has 0 saturated carbocycles. The van der Waals surface area contributed by atoms with Gasteiger partial charge in [0, 0.05) is 25.1 Å². The van der Waals surface area contributed by atoms with Gasteiger partial charge in [-0.15, -0.1) is 0 Å². The molecule has 3 unspecified atom stereocenters. The zero-order chi connectivity index (χ0) is 26.2. The highest BCUT2D eigenvalue weighted by Crippen LogP contribution is 2.51. The van der Waals surface area contributed by atoms with E-state index >= 15 is 0 Å². The van der Waals surface area contributed by atoms with Crippen LogP contribution in [0.5, 0.6) is 11.5 Å². The molecule has 0 amide bonds. The molecule has 1 aliphatic heterocycles. The van der Waals surface area contributed by atoms with E-state index in [0.717, 1.165) is 23.2 Å². The lowest BCUT2D eigenvalue weighted by Gasteiger charge is -2.38. The number of nitrogens with zero attached hydrogens (tertiary/aromatic N) is 1. The fourth-order valence-electron chi connectivity index (χ4n) is 5.39. The minimum absolute atomic E-state index is 0.0216. The maximum atomic E-state index is 13.6. The van der Waals surface area contributed by atoms with Crippen molar-refractivity contribution in [1.29, 1.82) is 0 Å². The maximum Gasteiger partial charge on any atom is 0.308 e. The summed E-state index contributed by atoms with van der Waals surface area (Å²) in [6.45, 7) is 3.53. The van der Waals surface area contributed by atoms with Crippen molar-refractivity contribution in [1.82, 2.24) is 0 Å². The van der Waals surface area contributed by atoms with Gasteiger partial charge in [0.2, 0.25) is 0 Å². The van der Waals surface area contributed by atoms with Crippen molar-refractivity contribution >= 4 is 27.4 Å². The van der Waals surface area contributed by atoms with Gasteiger partial charge in [-0.1, -0.05) is 36.4 Å². The number of ether oxygens (including phenoxy) is 2. The van der Waals surface area contributed by atoms with Crippen LogP contribution < -0.4 is 19.1 Å². The number of benzene rings is 3. The zero-order valence-corrected chi connectivity index (χ0v) is 21.9. The van der Waals surface area contributed by atoms with Crippen LogP contribution in [-0.4, -0.2) is 28.0 Å². The Bertz CT molecular complexity index is 1450. The van der Waals surface area contributed by atoms with E-state index in [1.165, 1.54) is 11.2 Å². The number of para-hydroxylation sites is 1. The van der Waals surface area contributed by atoms with E-state index in [0.29, 0.717) is 23.7 Å². The molecule has 0 fully saturated rings. The first-order valence-electron chi connectivity index (χ1n) is 12.3. The Morgan fingerprint density at radius 2 is 1.84 bits per heavy atom. The average molecular weight is 519 g/mol. The molecule has 1 aliphatic carbocycles. The largest absolute Gasteiger partial charge is 0.493 e. The van der Waals surface area contributed by atoms with E-state index in [4.69, 9.17) is 9.47 Å². The first-order chi connectivity index (χ1) is 17.8. The fraction of sp³-hybridized carbons (Fsp3) is 0.276. The topological polar surface area (TPSA) is 84.9 Å². The van der Waals surface area contributed by atoms with Crippen LogP contribution in [0.25, 0.3) is 0 Å². The molecule has 192 valence electrons. The third kappa shape index (κ3) is 4.57. The zero-order valence-electron chi connectivity index (χ0n) is 21.0. The Morgan fingerprint density at radius 3 is 2.54 bits per heavy atom. The van der Waals surface area contributed by atoms with Gasteiger partial charge in [0.25, 0.3) is 10.0 Å². The van der Waals surface area contributed by atoms with Crippen molar-refractivity contribution < 1.29 is 22.7 Å². The third-order valence-electron chi connectivity index (χ3n) is 7.05. The highest BCUT2D eigenvalue weighted by atomic mass is 32.2. The Balaban J connectivity index is 1.50. The van der Waals surface area contributed by atoms with Gasteiger partial charge in [0.15, 0.2) is 11.5 Å². The minimum Gasteiger partial charge on any atom is -0.493 e. The first kappa shape index (κ1) is 24.9. The molecule has 3 aromatic carbocycles. The van der Waals surface area contributed by atoms with E-state index < -0.39 is 16.0 Å². The maximum absolute atomic E-state index is 13.6. The number of fused-ring (bicyclic) bond motifs is 3. The van der Waals surface area contributed by atoms with Gasteiger partial charge in [-0.05, 0) is 72.9 Å². The van der Waals surface area contributed by atoms with Gasteiger partial charge >= 0.3 is 5.97 Å². The summed E-state index contributed by atoms with van der Waals surface area (Å²) in [6.07, 6.45) is 5.19. The molecular weight excluding hydrogens is 488 g/mol. The highest BCUT2D eigenvalue weighted by molar-refractivity contribution is 7.92. The number of nitrogens with one attached hydrogen (secondary N) is 1. The summed E-state index contributed by atoms with van der Waals surface area (Å²) in [7, 11) is -2.18. The number of allylic oxidation sites excluding steroid dienone is 2. The molecule has 7 nitrogen and oxygen atoms in total. The van der Waals surface area contributed by atoms with Gasteiger partial charge in [0.05, 0.1) is 23.7 Å². The number of rotatable bonds is 7. The summed E-state index contributed by atoms with van der Waals surface area (Å²) in [5.74, 6) is 0.735. The molecule has 0 saturated heterocycles. The molecule has 0 spiro atoms. The van der Waals surface area contributed by atoms with Gasteiger partial charge < -0.3 is 14.8 Å². The van der Waals surface area contributed by atoms with Gasteiger partial charge in [0.1, 0.15) is 0 Å². The fourth-order valence-corrected chi connectivity index (χ4v) is 6.90. The van der Waals surface area contributed by atoms with Crippen molar-refractivity contribution in [3.8, 4) is 11.5 Å². The lowest BCUT2D eigenvalue weighted by Crippen LogP contribution is -2.32. The molecular formula is C29H30N2O5S. The Hall–Kier alpha value is -3.78. The van der Waals surface area contributed by atoms with Gasteiger partial charge in [-0.25, -0.2) is 8.42 Å². The third-order valence-corrected chi connectivity index (χ3v) is 8.95. The number of carbonyl (C=O) groups is 1. The lowest BCUT2D eigenvalue weighted by molar-refractivity contribution is -0.132. The summed E-state index contributed by atoms with van der Waals surface area (Å²) in [6, 6.07) is 20.1. The first-order valence-corrected chi connectivity index (χ1v) is 13.8. The Labute approximate surface area is 217 Å². The van der Waals surface area contributed by atoms with Crippen LogP contribution in [0.15, 0.2) is 83.8 Å². The second-order valence-corrected chi connectivity index (χ2v) is 11.1. The van der Waals surface area contributed by atoms with Gasteiger partial charge in [-0.2, -0.15) is 0 Å². The number of sulfonamides is 1. The van der Waals surface area contributed by atoms with Crippen LogP contribution in [0.3, 0.4) is 0 Å². The molecule has 3 aromatic rings. The molecule has 3 atom stereocenters. The highest BCUT2D eigenvalue weighted by Gasteiger charge is 2.39. The molecule has 1 heterocycles.